The predicted octanol–water partition coefficient (Wildman–Crippen LogP) is 3.57. The molecule has 0 saturated heterocycles. The highest BCUT2D eigenvalue weighted by Gasteiger charge is 2.07. The third kappa shape index (κ3) is 1.41. The van der Waals surface area contributed by atoms with Gasteiger partial charge < -0.3 is 4.98 Å². The van der Waals surface area contributed by atoms with Crippen LogP contribution in [0.1, 0.15) is 24.6 Å². The highest BCUT2D eigenvalue weighted by Crippen LogP contribution is 2.23. The second-order valence-electron chi connectivity index (χ2n) is 3.67. The van der Waals surface area contributed by atoms with Crippen molar-refractivity contribution in [3.05, 3.63) is 35.3 Å². The average Bonchev–Trinajstić information content (AvgIpc) is 2.45. The van der Waals surface area contributed by atoms with Crippen LogP contribution in [0.3, 0.4) is 0 Å². The molecule has 0 atom stereocenters. The molecule has 0 aliphatic heterocycles. The van der Waals surface area contributed by atoms with E-state index in [4.69, 9.17) is 0 Å². The molecule has 1 aromatic carbocycles. The smallest absolute Gasteiger partial charge is 0.123 e. The van der Waals surface area contributed by atoms with E-state index < -0.39 is 0 Å². The zero-order chi connectivity index (χ0) is 10.1. The van der Waals surface area contributed by atoms with Gasteiger partial charge in [-0.2, -0.15) is 0 Å². The predicted molar refractivity (Wildman–Crippen MR) is 57.0 cm³/mol. The van der Waals surface area contributed by atoms with E-state index in [0.717, 1.165) is 29.4 Å². The molecule has 0 fully saturated rings. The van der Waals surface area contributed by atoms with Crippen LogP contribution in [0.25, 0.3) is 10.9 Å². The molecule has 2 rings (SSSR count). The van der Waals surface area contributed by atoms with Gasteiger partial charge in [-0.15, -0.1) is 0 Å². The summed E-state index contributed by atoms with van der Waals surface area (Å²) in [5, 5.41) is 1.03. The van der Waals surface area contributed by atoms with Gasteiger partial charge in [0.2, 0.25) is 0 Å². The average molecular weight is 191 g/mol. The molecular formula is C12H14FN. The van der Waals surface area contributed by atoms with Crippen LogP contribution in [0.4, 0.5) is 4.39 Å². The van der Waals surface area contributed by atoms with Gasteiger partial charge in [0.15, 0.2) is 0 Å². The molecule has 0 radical (unpaired) electrons. The Balaban J connectivity index is 2.66. The quantitative estimate of drug-likeness (QED) is 0.747. The fraction of sp³-hybridized carbons (Fsp3) is 0.333. The van der Waals surface area contributed by atoms with E-state index in [9.17, 15) is 4.39 Å². The Hall–Kier alpha value is -1.31. The summed E-state index contributed by atoms with van der Waals surface area (Å²) in [7, 11) is 0. The molecule has 1 nitrogen and oxygen atoms in total. The third-order valence-corrected chi connectivity index (χ3v) is 2.58. The van der Waals surface area contributed by atoms with Crippen LogP contribution < -0.4 is 0 Å². The first-order valence-electron chi connectivity index (χ1n) is 4.99. The lowest BCUT2D eigenvalue weighted by Gasteiger charge is -1.97. The largest absolute Gasteiger partial charge is 0.358 e. The van der Waals surface area contributed by atoms with Crippen molar-refractivity contribution in [2.24, 2.45) is 0 Å². The zero-order valence-corrected chi connectivity index (χ0v) is 8.52. The number of H-pyrrole nitrogens is 1. The normalized spacial score (nSPS) is 11.1. The van der Waals surface area contributed by atoms with E-state index >= 15 is 0 Å². The van der Waals surface area contributed by atoms with Crippen LogP contribution in [0.2, 0.25) is 0 Å². The lowest BCUT2D eigenvalue weighted by Crippen LogP contribution is -1.84. The topological polar surface area (TPSA) is 15.8 Å². The van der Waals surface area contributed by atoms with Crippen molar-refractivity contribution in [1.82, 2.24) is 4.98 Å². The van der Waals surface area contributed by atoms with Crippen LogP contribution >= 0.6 is 0 Å². The first-order chi connectivity index (χ1) is 6.72. The monoisotopic (exact) mass is 191 g/mol. The Morgan fingerprint density at radius 2 is 2.14 bits per heavy atom. The molecule has 0 unspecified atom stereocenters. The van der Waals surface area contributed by atoms with Gasteiger partial charge in [0.05, 0.1) is 0 Å². The number of aromatic nitrogens is 1. The maximum Gasteiger partial charge on any atom is 0.123 e. The summed E-state index contributed by atoms with van der Waals surface area (Å²) in [5.74, 6) is -0.158. The standard InChI is InChI=1S/C12H14FN/c1-3-4-10-8(2)14-12-6-5-9(13)7-11(10)12/h5-7,14H,3-4H2,1-2H3. The SMILES string of the molecule is CCCc1c(C)[nH]c2ccc(F)cc12. The summed E-state index contributed by atoms with van der Waals surface area (Å²) in [5.41, 5.74) is 3.45. The summed E-state index contributed by atoms with van der Waals surface area (Å²) >= 11 is 0. The highest BCUT2D eigenvalue weighted by atomic mass is 19.1. The molecule has 0 amide bonds. The van der Waals surface area contributed by atoms with Gasteiger partial charge in [-0.25, -0.2) is 4.39 Å². The highest BCUT2D eigenvalue weighted by molar-refractivity contribution is 5.84. The molecule has 0 spiro atoms. The molecule has 2 aromatic rings. The first kappa shape index (κ1) is 9.25. The fourth-order valence-electron chi connectivity index (χ4n) is 1.93. The van der Waals surface area contributed by atoms with Crippen molar-refractivity contribution in [1.29, 1.82) is 0 Å². The number of nitrogens with one attached hydrogen (secondary N) is 1. The van der Waals surface area contributed by atoms with E-state index in [1.807, 2.05) is 6.92 Å². The Morgan fingerprint density at radius 1 is 1.36 bits per heavy atom. The van der Waals surface area contributed by atoms with Crippen molar-refractivity contribution in [3.63, 3.8) is 0 Å². The van der Waals surface area contributed by atoms with Gasteiger partial charge >= 0.3 is 0 Å². The number of hydrogen-bond donors (Lipinski definition) is 1. The zero-order valence-electron chi connectivity index (χ0n) is 8.52. The lowest BCUT2D eigenvalue weighted by atomic mass is 10.1. The van der Waals surface area contributed by atoms with Crippen molar-refractivity contribution in [2.75, 3.05) is 0 Å². The van der Waals surface area contributed by atoms with E-state index in [1.54, 1.807) is 12.1 Å². The van der Waals surface area contributed by atoms with Crippen LogP contribution in [-0.2, 0) is 6.42 Å². The molecule has 1 aromatic heterocycles. The first-order valence-corrected chi connectivity index (χ1v) is 4.99. The molecule has 1 heterocycles. The second kappa shape index (κ2) is 3.45. The molecule has 0 aliphatic rings. The van der Waals surface area contributed by atoms with Crippen molar-refractivity contribution in [2.45, 2.75) is 26.7 Å². The summed E-state index contributed by atoms with van der Waals surface area (Å²) in [6, 6.07) is 4.91. The summed E-state index contributed by atoms with van der Waals surface area (Å²) in [6.07, 6.45) is 2.10. The van der Waals surface area contributed by atoms with E-state index in [1.165, 1.54) is 11.6 Å². The van der Waals surface area contributed by atoms with Crippen LogP contribution in [-0.4, -0.2) is 4.98 Å². The van der Waals surface area contributed by atoms with Gasteiger partial charge in [-0.1, -0.05) is 13.3 Å². The molecule has 0 bridgehead atoms. The van der Waals surface area contributed by atoms with Gasteiger partial charge in [0.1, 0.15) is 5.82 Å². The fourth-order valence-corrected chi connectivity index (χ4v) is 1.93. The minimum atomic E-state index is -0.158. The van der Waals surface area contributed by atoms with E-state index in [0.29, 0.717) is 0 Å². The third-order valence-electron chi connectivity index (χ3n) is 2.58. The number of aryl methyl sites for hydroxylation is 2. The molecule has 74 valence electrons. The summed E-state index contributed by atoms with van der Waals surface area (Å²) in [4.78, 5) is 3.27. The molecule has 1 N–H and O–H groups in total. The Morgan fingerprint density at radius 3 is 2.86 bits per heavy atom. The van der Waals surface area contributed by atoms with Crippen molar-refractivity contribution < 1.29 is 4.39 Å². The van der Waals surface area contributed by atoms with Crippen LogP contribution in [0, 0.1) is 12.7 Å². The number of rotatable bonds is 2. The Kier molecular flexibility index (Phi) is 2.28. The van der Waals surface area contributed by atoms with Crippen molar-refractivity contribution >= 4 is 10.9 Å². The lowest BCUT2D eigenvalue weighted by molar-refractivity contribution is 0.629. The number of benzene rings is 1. The minimum absolute atomic E-state index is 0.158. The maximum atomic E-state index is 13.1. The molecule has 0 aliphatic carbocycles. The number of aromatic amines is 1. The molecule has 14 heavy (non-hydrogen) atoms. The van der Waals surface area contributed by atoms with Crippen LogP contribution in [0.15, 0.2) is 18.2 Å². The van der Waals surface area contributed by atoms with E-state index in [2.05, 4.69) is 11.9 Å². The molecular weight excluding hydrogens is 177 g/mol. The van der Waals surface area contributed by atoms with Gasteiger partial charge in [0, 0.05) is 16.6 Å². The van der Waals surface area contributed by atoms with Gasteiger partial charge in [-0.3, -0.25) is 0 Å². The second-order valence-corrected chi connectivity index (χ2v) is 3.67. The van der Waals surface area contributed by atoms with Crippen molar-refractivity contribution in [3.8, 4) is 0 Å². The Bertz CT molecular complexity index is 457. The number of hydrogen-bond acceptors (Lipinski definition) is 0. The maximum absolute atomic E-state index is 13.1. The minimum Gasteiger partial charge on any atom is -0.358 e. The van der Waals surface area contributed by atoms with E-state index in [-0.39, 0.29) is 5.82 Å². The summed E-state index contributed by atoms with van der Waals surface area (Å²) < 4.78 is 13.1. The Labute approximate surface area is 82.9 Å². The number of halogens is 1. The number of fused-ring (bicyclic) bond motifs is 1. The summed E-state index contributed by atoms with van der Waals surface area (Å²) in [6.45, 7) is 4.18. The molecule has 0 saturated carbocycles. The molecule has 2 heteroatoms. The van der Waals surface area contributed by atoms with Gasteiger partial charge in [0.25, 0.3) is 0 Å². The van der Waals surface area contributed by atoms with Crippen LogP contribution in [0.5, 0.6) is 0 Å². The van der Waals surface area contributed by atoms with Gasteiger partial charge in [-0.05, 0) is 37.1 Å².